The van der Waals surface area contributed by atoms with Crippen LogP contribution in [0.15, 0.2) is 22.3 Å². The summed E-state index contributed by atoms with van der Waals surface area (Å²) < 4.78 is 28.0. The highest BCUT2D eigenvalue weighted by Gasteiger charge is 2.59. The number of fused-ring (bicyclic) bond motifs is 1. The van der Waals surface area contributed by atoms with Crippen LogP contribution in [0, 0.1) is 5.92 Å². The molecule has 9 nitrogen and oxygen atoms in total. The summed E-state index contributed by atoms with van der Waals surface area (Å²) >= 11 is 6.66. The number of hydrogen-bond acceptors (Lipinski definition) is 9. The monoisotopic (exact) mass is 448 g/mol. The van der Waals surface area contributed by atoms with Gasteiger partial charge in [0, 0.05) is 25.5 Å². The van der Waals surface area contributed by atoms with E-state index in [1.165, 1.54) is 27.4 Å². The van der Waals surface area contributed by atoms with Crippen LogP contribution in [0.25, 0.3) is 11.5 Å². The first-order valence-electron chi connectivity index (χ1n) is 9.58. The minimum absolute atomic E-state index is 0.112. The molecule has 4 rings (SSSR count). The highest BCUT2D eigenvalue weighted by molar-refractivity contribution is 6.36. The molecule has 164 valence electrons. The number of ether oxygens (including phenoxy) is 4. The molecule has 2 aliphatic rings. The average Bonchev–Trinajstić information content (AvgIpc) is 3.36. The third-order valence-electron chi connectivity index (χ3n) is 5.68. The van der Waals surface area contributed by atoms with Crippen molar-refractivity contribution in [2.45, 2.75) is 32.0 Å². The van der Waals surface area contributed by atoms with Crippen molar-refractivity contribution in [2.24, 2.45) is 5.92 Å². The molecule has 0 N–H and O–H groups in total. The lowest BCUT2D eigenvalue weighted by Gasteiger charge is -2.36. The molecular weight excluding hydrogens is 428 g/mol. The van der Waals surface area contributed by atoms with Gasteiger partial charge in [-0.05, 0) is 13.0 Å². The van der Waals surface area contributed by atoms with Crippen LogP contribution in [0.2, 0.25) is 5.02 Å². The predicted octanol–water partition coefficient (Wildman–Crippen LogP) is 3.56. The Morgan fingerprint density at radius 3 is 2.61 bits per heavy atom. The van der Waals surface area contributed by atoms with Gasteiger partial charge in [-0.3, -0.25) is 9.59 Å². The first kappa shape index (κ1) is 21.3. The van der Waals surface area contributed by atoms with Crippen LogP contribution < -0.4 is 9.47 Å². The molecule has 1 spiro atoms. The average molecular weight is 449 g/mol. The number of aromatic nitrogens is 2. The maximum absolute atomic E-state index is 13.6. The second-order valence-corrected chi connectivity index (χ2v) is 7.80. The number of allylic oxidation sites excluding steroid dienone is 1. The van der Waals surface area contributed by atoms with Crippen LogP contribution in [-0.2, 0) is 14.3 Å². The van der Waals surface area contributed by atoms with E-state index in [1.807, 2.05) is 0 Å². The molecule has 1 aromatic carbocycles. The van der Waals surface area contributed by atoms with Crippen LogP contribution >= 0.6 is 11.6 Å². The molecule has 3 atom stereocenters. The van der Waals surface area contributed by atoms with Crippen LogP contribution in [0.1, 0.15) is 42.6 Å². The Morgan fingerprint density at radius 1 is 1.23 bits per heavy atom. The molecule has 0 amide bonds. The lowest BCUT2D eigenvalue weighted by atomic mass is 9.75. The molecular formula is C21H21ClN2O7. The Kier molecular flexibility index (Phi) is 5.26. The quantitative estimate of drug-likeness (QED) is 0.677. The van der Waals surface area contributed by atoms with E-state index in [4.69, 9.17) is 35.0 Å². The van der Waals surface area contributed by atoms with Gasteiger partial charge in [-0.1, -0.05) is 18.5 Å². The SMILES string of the molecule is COC1=CC(=O)C[C@@H](C)[C@]12Oc1c(Cl)c(-c3nnc([C@H](C)OC)o3)cc(OC)c1C2=O. The largest absolute Gasteiger partial charge is 0.496 e. The second-order valence-electron chi connectivity index (χ2n) is 7.42. The van der Waals surface area contributed by atoms with Crippen LogP contribution in [-0.4, -0.2) is 48.7 Å². The summed E-state index contributed by atoms with van der Waals surface area (Å²) in [5.41, 5.74) is -0.998. The maximum Gasteiger partial charge on any atom is 0.249 e. The lowest BCUT2D eigenvalue weighted by molar-refractivity contribution is -0.118. The van der Waals surface area contributed by atoms with Gasteiger partial charge in [0.1, 0.15) is 17.4 Å². The molecule has 2 aromatic rings. The third kappa shape index (κ3) is 3.02. The zero-order chi connectivity index (χ0) is 22.5. The summed E-state index contributed by atoms with van der Waals surface area (Å²) in [7, 11) is 4.34. The smallest absolute Gasteiger partial charge is 0.249 e. The number of ketones is 2. The fraction of sp³-hybridized carbons (Fsp3) is 0.429. The Hall–Kier alpha value is -2.91. The minimum atomic E-state index is -1.51. The Balaban J connectivity index is 1.88. The summed E-state index contributed by atoms with van der Waals surface area (Å²) in [6.07, 6.45) is 1.01. The predicted molar refractivity (Wildman–Crippen MR) is 108 cm³/mol. The number of carbonyl (C=O) groups is 2. The van der Waals surface area contributed by atoms with E-state index in [9.17, 15) is 9.59 Å². The first-order chi connectivity index (χ1) is 14.8. The summed E-state index contributed by atoms with van der Waals surface area (Å²) in [5, 5.41) is 8.13. The van der Waals surface area contributed by atoms with Crippen molar-refractivity contribution >= 4 is 23.2 Å². The summed E-state index contributed by atoms with van der Waals surface area (Å²) in [4.78, 5) is 25.7. The number of benzene rings is 1. The zero-order valence-corrected chi connectivity index (χ0v) is 18.4. The number of rotatable bonds is 5. The van der Waals surface area contributed by atoms with Gasteiger partial charge in [-0.15, -0.1) is 10.2 Å². The van der Waals surface area contributed by atoms with E-state index in [-0.39, 0.29) is 57.6 Å². The minimum Gasteiger partial charge on any atom is -0.496 e. The molecule has 1 aliphatic carbocycles. The van der Waals surface area contributed by atoms with Crippen molar-refractivity contribution < 1.29 is 33.0 Å². The molecule has 0 fully saturated rings. The summed E-state index contributed by atoms with van der Waals surface area (Å²) in [6, 6.07) is 1.55. The van der Waals surface area contributed by atoms with Crippen LogP contribution in [0.3, 0.4) is 0 Å². The fourth-order valence-corrected chi connectivity index (χ4v) is 4.21. The number of Topliss-reactive ketones (excluding diaryl/α,β-unsaturated/α-hetero) is 1. The van der Waals surface area contributed by atoms with E-state index >= 15 is 0 Å². The van der Waals surface area contributed by atoms with Gasteiger partial charge in [0.05, 0.1) is 24.8 Å². The number of halogens is 1. The summed E-state index contributed by atoms with van der Waals surface area (Å²) in [5.74, 6) is -0.151. The number of nitrogens with zero attached hydrogens (tertiary/aromatic N) is 2. The van der Waals surface area contributed by atoms with E-state index < -0.39 is 17.6 Å². The van der Waals surface area contributed by atoms with Crippen molar-refractivity contribution in [3.63, 3.8) is 0 Å². The molecule has 2 heterocycles. The molecule has 0 saturated carbocycles. The van der Waals surface area contributed by atoms with Crippen molar-refractivity contribution in [2.75, 3.05) is 21.3 Å². The van der Waals surface area contributed by atoms with Crippen molar-refractivity contribution in [1.82, 2.24) is 10.2 Å². The molecule has 1 aromatic heterocycles. The van der Waals surface area contributed by atoms with E-state index in [0.717, 1.165) is 0 Å². The summed E-state index contributed by atoms with van der Waals surface area (Å²) in [6.45, 7) is 3.52. The molecule has 0 bridgehead atoms. The van der Waals surface area contributed by atoms with E-state index in [1.54, 1.807) is 19.9 Å². The topological polar surface area (TPSA) is 110 Å². The molecule has 1 aliphatic heterocycles. The molecule has 31 heavy (non-hydrogen) atoms. The molecule has 10 heteroatoms. The highest BCUT2D eigenvalue weighted by atomic mass is 35.5. The van der Waals surface area contributed by atoms with Gasteiger partial charge in [0.25, 0.3) is 0 Å². The molecule has 0 saturated heterocycles. The van der Waals surface area contributed by atoms with Crippen LogP contribution in [0.5, 0.6) is 11.5 Å². The van der Waals surface area contributed by atoms with Gasteiger partial charge in [0.2, 0.25) is 23.2 Å². The third-order valence-corrected chi connectivity index (χ3v) is 6.06. The standard InChI is InChI=1S/C21H21ClN2O7/c1-9-6-11(25)7-14(29-5)21(9)18(26)15-13(28-4)8-12(16(22)17(15)31-21)20-24-23-19(30-20)10(2)27-3/h7-10H,6H2,1-5H3/t9-,10+,21+/m1/s1. The van der Waals surface area contributed by atoms with Gasteiger partial charge >= 0.3 is 0 Å². The highest BCUT2D eigenvalue weighted by Crippen LogP contribution is 2.54. The Bertz CT molecular complexity index is 1110. The second kappa shape index (κ2) is 7.65. The van der Waals surface area contributed by atoms with Crippen LogP contribution in [0.4, 0.5) is 0 Å². The zero-order valence-electron chi connectivity index (χ0n) is 17.6. The first-order valence-corrected chi connectivity index (χ1v) is 9.96. The number of carbonyl (C=O) groups excluding carboxylic acids is 2. The van der Waals surface area contributed by atoms with E-state index in [2.05, 4.69) is 10.2 Å². The van der Waals surface area contributed by atoms with E-state index in [0.29, 0.717) is 5.56 Å². The normalized spacial score (nSPS) is 23.4. The number of hydrogen-bond donors (Lipinski definition) is 0. The lowest BCUT2D eigenvalue weighted by Crippen LogP contribution is -2.51. The van der Waals surface area contributed by atoms with Gasteiger partial charge in [0.15, 0.2) is 17.3 Å². The van der Waals surface area contributed by atoms with Crippen molar-refractivity contribution in [3.05, 3.63) is 34.4 Å². The van der Waals surface area contributed by atoms with Gasteiger partial charge < -0.3 is 23.4 Å². The maximum atomic E-state index is 13.6. The van der Waals surface area contributed by atoms with Crippen molar-refractivity contribution in [1.29, 1.82) is 0 Å². The molecule has 0 unspecified atom stereocenters. The molecule has 0 radical (unpaired) electrons. The Labute approximate surface area is 183 Å². The van der Waals surface area contributed by atoms with Crippen molar-refractivity contribution in [3.8, 4) is 23.0 Å². The van der Waals surface area contributed by atoms with Gasteiger partial charge in [-0.25, -0.2) is 0 Å². The van der Waals surface area contributed by atoms with Gasteiger partial charge in [-0.2, -0.15) is 0 Å². The number of methoxy groups -OCH3 is 3. The Morgan fingerprint density at radius 2 is 1.97 bits per heavy atom. The fourth-order valence-electron chi connectivity index (χ4n) is 3.94.